The van der Waals surface area contributed by atoms with E-state index in [1.165, 1.54) is 12.1 Å². The molecule has 1 unspecified atom stereocenters. The van der Waals surface area contributed by atoms with E-state index in [4.69, 9.17) is 9.84 Å². The zero-order valence-corrected chi connectivity index (χ0v) is 26.3. The Labute approximate surface area is 280 Å². The first-order valence-corrected chi connectivity index (χ1v) is 15.8. The normalized spacial score (nSPS) is 13.4. The Morgan fingerprint density at radius 1 is 0.878 bits per heavy atom. The first kappa shape index (κ1) is 33.3. The summed E-state index contributed by atoms with van der Waals surface area (Å²) >= 11 is 0. The lowest BCUT2D eigenvalue weighted by molar-refractivity contribution is -0.141. The smallest absolute Gasteiger partial charge is 0.435 e. The topological polar surface area (TPSA) is 118 Å². The van der Waals surface area contributed by atoms with Gasteiger partial charge in [0.25, 0.3) is 5.91 Å². The second kappa shape index (κ2) is 14.7. The van der Waals surface area contributed by atoms with Crippen molar-refractivity contribution in [2.75, 3.05) is 11.9 Å². The first-order chi connectivity index (χ1) is 23.6. The summed E-state index contributed by atoms with van der Waals surface area (Å²) < 4.78 is 48.3. The van der Waals surface area contributed by atoms with Gasteiger partial charge in [-0.15, -0.1) is 0 Å². The van der Waals surface area contributed by atoms with Crippen molar-refractivity contribution in [2.45, 2.75) is 38.2 Å². The van der Waals surface area contributed by atoms with Crippen LogP contribution in [-0.4, -0.2) is 33.4 Å². The zero-order valence-electron chi connectivity index (χ0n) is 26.3. The van der Waals surface area contributed by atoms with E-state index >= 15 is 0 Å². The van der Waals surface area contributed by atoms with Crippen LogP contribution in [-0.2, 0) is 19.3 Å². The van der Waals surface area contributed by atoms with E-state index in [1.807, 2.05) is 60.7 Å². The summed E-state index contributed by atoms with van der Waals surface area (Å²) in [6, 6.07) is 31.4. The van der Waals surface area contributed by atoms with Crippen LogP contribution in [0, 0.1) is 5.92 Å². The van der Waals surface area contributed by atoms with Gasteiger partial charge >= 0.3 is 12.3 Å². The number of carboxylic acid groups (broad SMARTS) is 1. The summed E-state index contributed by atoms with van der Waals surface area (Å²) in [4.78, 5) is 24.5. The van der Waals surface area contributed by atoms with Gasteiger partial charge in [0, 0.05) is 18.3 Å². The van der Waals surface area contributed by atoms with Crippen LogP contribution in [0.1, 0.15) is 57.3 Å². The number of alkyl halides is 3. The SMILES string of the molecule is O=C(O)NCc1cccc(-n2nc(C(F)(F)F)cc2C(=O)Nc2cccc(C(NCC3CC3)c3cccc(OCc4ccccc4)c3)c2)c1. The molecule has 5 aromatic rings. The molecular weight excluding hydrogens is 635 g/mol. The van der Waals surface area contributed by atoms with E-state index in [0.717, 1.165) is 40.8 Å². The molecule has 2 amide bonds. The number of aromatic nitrogens is 2. The lowest BCUT2D eigenvalue weighted by atomic mass is 9.97. The van der Waals surface area contributed by atoms with E-state index in [1.54, 1.807) is 30.3 Å². The van der Waals surface area contributed by atoms with Crippen LogP contribution in [0.15, 0.2) is 109 Å². The molecule has 1 fully saturated rings. The third-order valence-corrected chi connectivity index (χ3v) is 8.06. The van der Waals surface area contributed by atoms with Crippen LogP contribution in [0.2, 0.25) is 0 Å². The number of ether oxygens (including phenoxy) is 1. The number of hydrogen-bond acceptors (Lipinski definition) is 5. The molecule has 0 spiro atoms. The maximum atomic E-state index is 13.8. The monoisotopic (exact) mass is 669 g/mol. The number of nitrogens with zero attached hydrogens (tertiary/aromatic N) is 2. The number of rotatable bonds is 13. The molecule has 1 aromatic heterocycles. The minimum atomic E-state index is -4.80. The van der Waals surface area contributed by atoms with Gasteiger partial charge in [-0.3, -0.25) is 4.79 Å². The van der Waals surface area contributed by atoms with Crippen LogP contribution in [0.3, 0.4) is 0 Å². The second-order valence-corrected chi connectivity index (χ2v) is 11.9. The summed E-state index contributed by atoms with van der Waals surface area (Å²) in [6.07, 6.45) is -3.74. The van der Waals surface area contributed by atoms with Crippen molar-refractivity contribution in [3.63, 3.8) is 0 Å². The van der Waals surface area contributed by atoms with Crippen LogP contribution < -0.4 is 20.7 Å². The van der Waals surface area contributed by atoms with Gasteiger partial charge in [-0.2, -0.15) is 18.3 Å². The molecule has 0 radical (unpaired) electrons. The van der Waals surface area contributed by atoms with E-state index in [-0.39, 0.29) is 24.0 Å². The highest BCUT2D eigenvalue weighted by Gasteiger charge is 2.36. The molecule has 0 saturated heterocycles. The fourth-order valence-electron chi connectivity index (χ4n) is 5.40. The molecular formula is C37H34F3N5O4. The highest BCUT2D eigenvalue weighted by atomic mass is 19.4. The predicted molar refractivity (Wildman–Crippen MR) is 178 cm³/mol. The van der Waals surface area contributed by atoms with Crippen molar-refractivity contribution in [3.05, 3.63) is 143 Å². The van der Waals surface area contributed by atoms with Gasteiger partial charge in [0.15, 0.2) is 5.69 Å². The fraction of sp³-hybridized carbons (Fsp3) is 0.216. The average Bonchev–Trinajstić information content (AvgIpc) is 3.80. The molecule has 49 heavy (non-hydrogen) atoms. The summed E-state index contributed by atoms with van der Waals surface area (Å²) in [6.45, 7) is 1.14. The molecule has 0 aliphatic heterocycles. The van der Waals surface area contributed by atoms with Crippen LogP contribution in [0.25, 0.3) is 5.69 Å². The molecule has 1 atom stereocenters. The quantitative estimate of drug-likeness (QED) is 0.103. The van der Waals surface area contributed by atoms with Gasteiger partial charge in [-0.1, -0.05) is 66.7 Å². The maximum Gasteiger partial charge on any atom is 0.435 e. The third-order valence-electron chi connectivity index (χ3n) is 8.06. The number of hydrogen-bond donors (Lipinski definition) is 4. The first-order valence-electron chi connectivity index (χ1n) is 15.8. The maximum absolute atomic E-state index is 13.8. The molecule has 4 aromatic carbocycles. The minimum absolute atomic E-state index is 0.0805. The molecule has 4 N–H and O–H groups in total. The molecule has 1 heterocycles. The lowest BCUT2D eigenvalue weighted by Gasteiger charge is -2.21. The summed E-state index contributed by atoms with van der Waals surface area (Å²) in [5, 5.41) is 21.3. The van der Waals surface area contributed by atoms with Gasteiger partial charge < -0.3 is 25.8 Å². The zero-order chi connectivity index (χ0) is 34.4. The Bertz CT molecular complexity index is 1920. The van der Waals surface area contributed by atoms with Gasteiger partial charge in [0.2, 0.25) is 0 Å². The van der Waals surface area contributed by atoms with Crippen LogP contribution >= 0.6 is 0 Å². The van der Waals surface area contributed by atoms with Crippen molar-refractivity contribution in [1.29, 1.82) is 0 Å². The molecule has 1 aliphatic rings. The van der Waals surface area contributed by atoms with Crippen molar-refractivity contribution in [1.82, 2.24) is 20.4 Å². The minimum Gasteiger partial charge on any atom is -0.489 e. The van der Waals surface area contributed by atoms with E-state index < -0.39 is 23.9 Å². The lowest BCUT2D eigenvalue weighted by Crippen LogP contribution is -2.25. The van der Waals surface area contributed by atoms with Crippen molar-refractivity contribution < 1.29 is 32.6 Å². The molecule has 1 saturated carbocycles. The molecule has 0 bridgehead atoms. The van der Waals surface area contributed by atoms with Gasteiger partial charge in [0.05, 0.1) is 11.7 Å². The van der Waals surface area contributed by atoms with E-state index in [9.17, 15) is 22.8 Å². The fourth-order valence-corrected chi connectivity index (χ4v) is 5.40. The van der Waals surface area contributed by atoms with Crippen molar-refractivity contribution in [3.8, 4) is 11.4 Å². The standard InChI is InChI=1S/C37H34F3N5O4/c38-37(39,40)33-20-32(45(44-33)30-13-4-9-26(17-30)22-42-36(47)48)35(46)43-29-12-5-10-27(18-29)34(41-21-24-15-16-24)28-11-6-14-31(19-28)49-23-25-7-2-1-3-8-25/h1-14,17-20,24,34,41-42H,15-16,21-23H2,(H,43,46)(H,47,48). The molecule has 9 nitrogen and oxygen atoms in total. The Balaban J connectivity index is 1.26. The Kier molecular flexibility index (Phi) is 9.95. The van der Waals surface area contributed by atoms with Crippen molar-refractivity contribution >= 4 is 17.7 Å². The van der Waals surface area contributed by atoms with Crippen LogP contribution in [0.5, 0.6) is 5.75 Å². The number of anilines is 1. The highest BCUT2D eigenvalue weighted by molar-refractivity contribution is 6.03. The van der Waals surface area contributed by atoms with E-state index in [0.29, 0.717) is 35.6 Å². The number of benzene rings is 4. The van der Waals surface area contributed by atoms with Gasteiger partial charge in [-0.25, -0.2) is 9.48 Å². The number of carbonyl (C=O) groups excluding carboxylic acids is 1. The Hall–Kier alpha value is -5.62. The van der Waals surface area contributed by atoms with Gasteiger partial charge in [0.1, 0.15) is 18.1 Å². The molecule has 12 heteroatoms. The Morgan fingerprint density at radius 2 is 1.59 bits per heavy atom. The molecule has 1 aliphatic carbocycles. The van der Waals surface area contributed by atoms with Gasteiger partial charge in [-0.05, 0) is 84.0 Å². The van der Waals surface area contributed by atoms with E-state index in [2.05, 4.69) is 21.0 Å². The highest BCUT2D eigenvalue weighted by Crippen LogP contribution is 2.33. The molecule has 252 valence electrons. The summed E-state index contributed by atoms with van der Waals surface area (Å²) in [7, 11) is 0. The van der Waals surface area contributed by atoms with Crippen molar-refractivity contribution in [2.24, 2.45) is 5.92 Å². The number of amides is 2. The predicted octanol–water partition coefficient (Wildman–Crippen LogP) is 7.58. The molecule has 6 rings (SSSR count). The summed E-state index contributed by atoms with van der Waals surface area (Å²) in [5.74, 6) is 0.498. The third kappa shape index (κ3) is 8.85. The second-order valence-electron chi connectivity index (χ2n) is 11.9. The number of carbonyl (C=O) groups is 2. The number of halogens is 3. The number of nitrogens with one attached hydrogen (secondary N) is 3. The largest absolute Gasteiger partial charge is 0.489 e. The Morgan fingerprint density at radius 3 is 2.33 bits per heavy atom. The average molecular weight is 670 g/mol. The summed E-state index contributed by atoms with van der Waals surface area (Å²) in [5.41, 5.74) is 2.30. The van der Waals surface area contributed by atoms with Crippen LogP contribution in [0.4, 0.5) is 23.7 Å².